The van der Waals surface area contributed by atoms with Gasteiger partial charge in [0.1, 0.15) is 5.92 Å². The predicted octanol–water partition coefficient (Wildman–Crippen LogP) is 2.37. The van der Waals surface area contributed by atoms with Crippen LogP contribution in [0.2, 0.25) is 0 Å². The van der Waals surface area contributed by atoms with E-state index < -0.39 is 11.9 Å². The molecule has 1 aromatic carbocycles. The van der Waals surface area contributed by atoms with E-state index in [9.17, 15) is 9.90 Å². The van der Waals surface area contributed by atoms with Gasteiger partial charge in [-0.1, -0.05) is 18.2 Å². The summed E-state index contributed by atoms with van der Waals surface area (Å²) < 4.78 is 0. The number of fused-ring (bicyclic) bond motifs is 1. The zero-order valence-corrected chi connectivity index (χ0v) is 10.7. The third kappa shape index (κ3) is 2.06. The molecular formula is C15H16N2O2. The van der Waals surface area contributed by atoms with Gasteiger partial charge in [0.2, 0.25) is 0 Å². The summed E-state index contributed by atoms with van der Waals surface area (Å²) in [5.41, 5.74) is 2.04. The number of para-hydroxylation sites is 1. The van der Waals surface area contributed by atoms with Crippen LogP contribution in [-0.2, 0) is 4.79 Å². The second-order valence-corrected chi connectivity index (χ2v) is 5.67. The first-order chi connectivity index (χ1) is 9.15. The molecule has 1 N–H and O–H groups in total. The summed E-state index contributed by atoms with van der Waals surface area (Å²) in [6.07, 6.45) is 2.73. The molecule has 0 amide bonds. The molecule has 0 aromatic heterocycles. The van der Waals surface area contributed by atoms with Crippen molar-refractivity contribution in [1.82, 2.24) is 0 Å². The standard InChI is InChI=1S/C15H16N2O2/c16-8-7-15(5-6-15)10-17-9-12(14(18)19)11-3-1-2-4-13(11)17/h1-4,12H,5-7,9-10H2,(H,18,19). The van der Waals surface area contributed by atoms with Crippen molar-refractivity contribution in [3.05, 3.63) is 29.8 Å². The molecule has 4 nitrogen and oxygen atoms in total. The quantitative estimate of drug-likeness (QED) is 0.898. The van der Waals surface area contributed by atoms with Crippen molar-refractivity contribution in [2.24, 2.45) is 5.41 Å². The Labute approximate surface area is 112 Å². The average molecular weight is 256 g/mol. The van der Waals surface area contributed by atoms with Gasteiger partial charge in [-0.25, -0.2) is 0 Å². The fourth-order valence-electron chi connectivity index (χ4n) is 2.99. The predicted molar refractivity (Wildman–Crippen MR) is 70.9 cm³/mol. The SMILES string of the molecule is N#CCC1(CN2CC(C(=O)O)c3ccccc32)CC1. The molecule has 3 rings (SSSR count). The number of hydrogen-bond acceptors (Lipinski definition) is 3. The summed E-state index contributed by atoms with van der Waals surface area (Å²) in [5, 5.41) is 18.2. The molecule has 1 fully saturated rings. The lowest BCUT2D eigenvalue weighted by atomic mass is 10.0. The number of nitrogens with zero attached hydrogens (tertiary/aromatic N) is 2. The van der Waals surface area contributed by atoms with Gasteiger partial charge in [0.05, 0.1) is 6.07 Å². The number of carboxylic acid groups (broad SMARTS) is 1. The van der Waals surface area contributed by atoms with Gasteiger partial charge in [-0.3, -0.25) is 4.79 Å². The van der Waals surface area contributed by atoms with E-state index in [0.29, 0.717) is 13.0 Å². The molecule has 0 bridgehead atoms. The van der Waals surface area contributed by atoms with Gasteiger partial charge in [-0.2, -0.15) is 5.26 Å². The summed E-state index contributed by atoms with van der Waals surface area (Å²) in [7, 11) is 0. The highest BCUT2D eigenvalue weighted by Crippen LogP contribution is 2.51. The van der Waals surface area contributed by atoms with Crippen LogP contribution in [0.25, 0.3) is 0 Å². The fourth-order valence-corrected chi connectivity index (χ4v) is 2.99. The van der Waals surface area contributed by atoms with Crippen LogP contribution >= 0.6 is 0 Å². The van der Waals surface area contributed by atoms with E-state index >= 15 is 0 Å². The Balaban J connectivity index is 1.85. The van der Waals surface area contributed by atoms with Crippen LogP contribution < -0.4 is 4.90 Å². The van der Waals surface area contributed by atoms with Gasteiger partial charge >= 0.3 is 5.97 Å². The van der Waals surface area contributed by atoms with Crippen molar-refractivity contribution in [3.8, 4) is 6.07 Å². The number of aliphatic carboxylic acids is 1. The Morgan fingerprint density at radius 1 is 1.47 bits per heavy atom. The normalized spacial score (nSPS) is 22.7. The van der Waals surface area contributed by atoms with Gasteiger partial charge in [0.25, 0.3) is 0 Å². The molecule has 0 spiro atoms. The van der Waals surface area contributed by atoms with E-state index in [2.05, 4.69) is 11.0 Å². The number of anilines is 1. The van der Waals surface area contributed by atoms with Gasteiger partial charge in [-0.15, -0.1) is 0 Å². The smallest absolute Gasteiger partial charge is 0.312 e. The first-order valence-electron chi connectivity index (χ1n) is 6.59. The molecular weight excluding hydrogens is 240 g/mol. The second kappa shape index (κ2) is 4.27. The van der Waals surface area contributed by atoms with Crippen LogP contribution in [0.4, 0.5) is 5.69 Å². The molecule has 98 valence electrons. The molecule has 2 aliphatic rings. The number of carbonyl (C=O) groups is 1. The highest BCUT2D eigenvalue weighted by atomic mass is 16.4. The maximum Gasteiger partial charge on any atom is 0.312 e. The minimum Gasteiger partial charge on any atom is -0.481 e. The van der Waals surface area contributed by atoms with Crippen molar-refractivity contribution in [3.63, 3.8) is 0 Å². The van der Waals surface area contributed by atoms with Crippen molar-refractivity contribution in [2.75, 3.05) is 18.0 Å². The molecule has 1 atom stereocenters. The van der Waals surface area contributed by atoms with Crippen molar-refractivity contribution in [2.45, 2.75) is 25.2 Å². The summed E-state index contributed by atoms with van der Waals surface area (Å²) in [4.78, 5) is 13.5. The summed E-state index contributed by atoms with van der Waals surface area (Å²) in [6.45, 7) is 1.34. The average Bonchev–Trinajstić information content (AvgIpc) is 3.04. The van der Waals surface area contributed by atoms with Gasteiger partial charge < -0.3 is 10.0 Å². The molecule has 1 aliphatic carbocycles. The van der Waals surface area contributed by atoms with Crippen LogP contribution in [0.1, 0.15) is 30.7 Å². The van der Waals surface area contributed by atoms with Crippen LogP contribution in [-0.4, -0.2) is 24.2 Å². The Morgan fingerprint density at radius 2 is 2.21 bits per heavy atom. The van der Waals surface area contributed by atoms with E-state index in [1.54, 1.807) is 0 Å². The lowest BCUT2D eigenvalue weighted by Gasteiger charge is -2.24. The maximum atomic E-state index is 11.3. The number of nitriles is 1. The maximum absolute atomic E-state index is 11.3. The largest absolute Gasteiger partial charge is 0.481 e. The van der Waals surface area contributed by atoms with E-state index in [0.717, 1.165) is 30.6 Å². The lowest BCUT2D eigenvalue weighted by molar-refractivity contribution is -0.138. The van der Waals surface area contributed by atoms with E-state index in [-0.39, 0.29) is 5.41 Å². The van der Waals surface area contributed by atoms with Crippen LogP contribution in [0.15, 0.2) is 24.3 Å². The molecule has 1 aromatic rings. The van der Waals surface area contributed by atoms with Crippen LogP contribution in [0.3, 0.4) is 0 Å². The first kappa shape index (κ1) is 12.0. The third-order valence-corrected chi connectivity index (χ3v) is 4.29. The van der Waals surface area contributed by atoms with Crippen molar-refractivity contribution < 1.29 is 9.90 Å². The van der Waals surface area contributed by atoms with Gasteiger partial charge in [-0.05, 0) is 24.5 Å². The molecule has 19 heavy (non-hydrogen) atoms. The van der Waals surface area contributed by atoms with Crippen LogP contribution in [0.5, 0.6) is 0 Å². The topological polar surface area (TPSA) is 64.3 Å². The summed E-state index contributed by atoms with van der Waals surface area (Å²) >= 11 is 0. The minimum absolute atomic E-state index is 0.106. The second-order valence-electron chi connectivity index (χ2n) is 5.67. The summed E-state index contributed by atoms with van der Waals surface area (Å²) in [6, 6.07) is 9.98. The Bertz CT molecular complexity index is 558. The molecule has 0 saturated heterocycles. The number of hydrogen-bond donors (Lipinski definition) is 1. The Kier molecular flexibility index (Phi) is 2.70. The summed E-state index contributed by atoms with van der Waals surface area (Å²) in [5.74, 6) is -1.20. The molecule has 4 heteroatoms. The van der Waals surface area contributed by atoms with E-state index in [1.807, 2.05) is 24.3 Å². The first-order valence-corrected chi connectivity index (χ1v) is 6.59. The third-order valence-electron chi connectivity index (χ3n) is 4.29. The minimum atomic E-state index is -0.764. The van der Waals surface area contributed by atoms with Crippen molar-refractivity contribution >= 4 is 11.7 Å². The highest BCUT2D eigenvalue weighted by molar-refractivity contribution is 5.83. The van der Waals surface area contributed by atoms with Crippen LogP contribution in [0, 0.1) is 16.7 Å². The number of benzene rings is 1. The lowest BCUT2D eigenvalue weighted by Crippen LogP contribution is -2.30. The zero-order valence-electron chi connectivity index (χ0n) is 10.7. The van der Waals surface area contributed by atoms with E-state index in [4.69, 9.17) is 5.26 Å². The molecule has 1 saturated carbocycles. The van der Waals surface area contributed by atoms with Gasteiger partial charge in [0, 0.05) is 30.6 Å². The monoisotopic (exact) mass is 256 g/mol. The Morgan fingerprint density at radius 3 is 2.84 bits per heavy atom. The van der Waals surface area contributed by atoms with E-state index in [1.165, 1.54) is 0 Å². The van der Waals surface area contributed by atoms with Gasteiger partial charge in [0.15, 0.2) is 0 Å². The zero-order chi connectivity index (χ0) is 13.5. The highest BCUT2D eigenvalue weighted by Gasteiger charge is 2.46. The van der Waals surface area contributed by atoms with Crippen molar-refractivity contribution in [1.29, 1.82) is 5.26 Å². The molecule has 0 radical (unpaired) electrons. The fraction of sp³-hybridized carbons (Fsp3) is 0.467. The Hall–Kier alpha value is -2.02. The molecule has 1 aliphatic heterocycles. The number of carboxylic acids is 1. The molecule has 1 unspecified atom stereocenters. The molecule has 1 heterocycles. The number of rotatable bonds is 4.